The highest BCUT2D eigenvalue weighted by Gasteiger charge is 2.26. The van der Waals surface area contributed by atoms with E-state index in [0.29, 0.717) is 35.9 Å². The maximum atomic E-state index is 12.7. The van der Waals surface area contributed by atoms with Gasteiger partial charge >= 0.3 is 0 Å². The fraction of sp³-hybridized carbons (Fsp3) is 0.500. The molecule has 1 aliphatic heterocycles. The van der Waals surface area contributed by atoms with Gasteiger partial charge in [0.15, 0.2) is 18.0 Å². The van der Waals surface area contributed by atoms with Gasteiger partial charge in [0.1, 0.15) is 0 Å². The molecule has 1 heterocycles. The number of hydrogen-bond acceptors (Lipinski definition) is 5. The van der Waals surface area contributed by atoms with Gasteiger partial charge in [-0.05, 0) is 12.1 Å². The zero-order valence-corrected chi connectivity index (χ0v) is 16.8. The topological polar surface area (TPSA) is 90.3 Å². The summed E-state index contributed by atoms with van der Waals surface area (Å²) in [6, 6.07) is 3.36. The molecule has 8 heteroatoms. The minimum atomic E-state index is -0.184. The number of quaternary nitrogens is 1. The molecule has 0 unspecified atom stereocenters. The summed E-state index contributed by atoms with van der Waals surface area (Å²) in [4.78, 5) is 25.7. The molecule has 0 aromatic heterocycles. The van der Waals surface area contributed by atoms with E-state index in [1.54, 1.807) is 18.2 Å². The first-order chi connectivity index (χ1) is 13.5. The van der Waals surface area contributed by atoms with Gasteiger partial charge < -0.3 is 29.7 Å². The maximum Gasteiger partial charge on any atom is 0.275 e. The summed E-state index contributed by atoms with van der Waals surface area (Å²) in [6.07, 6.45) is 3.30. The standard InChI is InChI=1S/C20H29N3O5/c1-5-8-21-18(24)13-23-9-6-15(7-10-23)22-20(25)14-11-16(26-2)19(28-4)17(12-14)27-3/h5,11-12,15H,1,6-10,13H2,2-4H3,(H,21,24)(H,22,25)/p+1. The fourth-order valence-corrected chi connectivity index (χ4v) is 3.30. The first kappa shape index (κ1) is 21.6. The fourth-order valence-electron chi connectivity index (χ4n) is 3.30. The number of carbonyl (C=O) groups excluding carboxylic acids is 2. The SMILES string of the molecule is C=CCNC(=O)C[NH+]1CCC(NC(=O)c2cc(OC)c(OC)c(OC)c2)CC1. The molecule has 28 heavy (non-hydrogen) atoms. The Kier molecular flexibility index (Phi) is 8.13. The van der Waals surface area contributed by atoms with E-state index in [2.05, 4.69) is 17.2 Å². The molecule has 0 atom stereocenters. The summed E-state index contributed by atoms with van der Waals surface area (Å²) in [7, 11) is 4.55. The highest BCUT2D eigenvalue weighted by molar-refractivity contribution is 5.95. The predicted molar refractivity (Wildman–Crippen MR) is 105 cm³/mol. The molecule has 154 valence electrons. The highest BCUT2D eigenvalue weighted by atomic mass is 16.5. The minimum absolute atomic E-state index is 0.0230. The summed E-state index contributed by atoms with van der Waals surface area (Å²) >= 11 is 0. The largest absolute Gasteiger partial charge is 0.493 e. The zero-order valence-electron chi connectivity index (χ0n) is 16.8. The van der Waals surface area contributed by atoms with Crippen LogP contribution in [0.1, 0.15) is 23.2 Å². The van der Waals surface area contributed by atoms with Crippen LogP contribution in [0.15, 0.2) is 24.8 Å². The molecule has 0 radical (unpaired) electrons. The molecular weight excluding hydrogens is 362 g/mol. The Hall–Kier alpha value is -2.74. The molecule has 8 nitrogen and oxygen atoms in total. The van der Waals surface area contributed by atoms with E-state index in [0.717, 1.165) is 25.9 Å². The molecule has 0 bridgehead atoms. The first-order valence-electron chi connectivity index (χ1n) is 9.34. The van der Waals surface area contributed by atoms with Gasteiger partial charge in [-0.1, -0.05) is 6.08 Å². The van der Waals surface area contributed by atoms with Gasteiger partial charge in [0.05, 0.1) is 34.4 Å². The molecule has 2 rings (SSSR count). The molecule has 0 spiro atoms. The van der Waals surface area contributed by atoms with E-state index in [1.807, 2.05) is 0 Å². The summed E-state index contributed by atoms with van der Waals surface area (Å²) in [6.45, 7) is 6.19. The van der Waals surface area contributed by atoms with Crippen LogP contribution in [0.5, 0.6) is 17.2 Å². The second-order valence-electron chi connectivity index (χ2n) is 6.68. The summed E-state index contributed by atoms with van der Waals surface area (Å²) < 4.78 is 15.9. The van der Waals surface area contributed by atoms with Crippen LogP contribution in [-0.2, 0) is 4.79 Å². The number of benzene rings is 1. The Balaban J connectivity index is 1.92. The third-order valence-corrected chi connectivity index (χ3v) is 4.81. The van der Waals surface area contributed by atoms with Gasteiger partial charge in [-0.15, -0.1) is 6.58 Å². The molecule has 1 aromatic rings. The number of ether oxygens (including phenoxy) is 3. The van der Waals surface area contributed by atoms with Crippen LogP contribution >= 0.6 is 0 Å². The lowest BCUT2D eigenvalue weighted by Gasteiger charge is -2.29. The van der Waals surface area contributed by atoms with Crippen LogP contribution in [0.2, 0.25) is 0 Å². The molecule has 1 aliphatic rings. The lowest BCUT2D eigenvalue weighted by molar-refractivity contribution is -0.897. The highest BCUT2D eigenvalue weighted by Crippen LogP contribution is 2.38. The molecule has 3 N–H and O–H groups in total. The summed E-state index contributed by atoms with van der Waals surface area (Å²) in [5.41, 5.74) is 0.452. The average Bonchev–Trinajstić information content (AvgIpc) is 2.72. The van der Waals surface area contributed by atoms with Crippen LogP contribution in [0.3, 0.4) is 0 Å². The van der Waals surface area contributed by atoms with E-state index in [9.17, 15) is 9.59 Å². The monoisotopic (exact) mass is 392 g/mol. The van der Waals surface area contributed by atoms with Crippen molar-refractivity contribution in [2.45, 2.75) is 18.9 Å². The first-order valence-corrected chi connectivity index (χ1v) is 9.34. The molecule has 1 saturated heterocycles. The van der Waals surface area contributed by atoms with Gasteiger partial charge in [-0.2, -0.15) is 0 Å². The third kappa shape index (κ3) is 5.63. The van der Waals surface area contributed by atoms with Gasteiger partial charge in [0.25, 0.3) is 11.8 Å². The Morgan fingerprint density at radius 3 is 2.25 bits per heavy atom. The molecular formula is C20H30N3O5+. The smallest absolute Gasteiger partial charge is 0.275 e. The molecule has 0 saturated carbocycles. The number of likely N-dealkylation sites (tertiary alicyclic amines) is 1. The third-order valence-electron chi connectivity index (χ3n) is 4.81. The van der Waals surface area contributed by atoms with E-state index >= 15 is 0 Å². The normalized spacial score (nSPS) is 18.7. The number of methoxy groups -OCH3 is 3. The van der Waals surface area contributed by atoms with E-state index < -0.39 is 0 Å². The van der Waals surface area contributed by atoms with Crippen molar-refractivity contribution in [3.8, 4) is 17.2 Å². The van der Waals surface area contributed by atoms with Crippen molar-refractivity contribution in [2.24, 2.45) is 0 Å². The van der Waals surface area contributed by atoms with Gasteiger partial charge in [-0.3, -0.25) is 9.59 Å². The Morgan fingerprint density at radius 1 is 1.14 bits per heavy atom. The molecule has 1 fully saturated rings. The molecule has 0 aliphatic carbocycles. The van der Waals surface area contributed by atoms with Crippen LogP contribution in [0.25, 0.3) is 0 Å². The second kappa shape index (κ2) is 10.6. The van der Waals surface area contributed by atoms with E-state index in [-0.39, 0.29) is 17.9 Å². The molecule has 2 amide bonds. The number of nitrogens with one attached hydrogen (secondary N) is 3. The second-order valence-corrected chi connectivity index (χ2v) is 6.68. The van der Waals surface area contributed by atoms with E-state index in [4.69, 9.17) is 14.2 Å². The van der Waals surface area contributed by atoms with Gasteiger partial charge in [0, 0.05) is 31.0 Å². The van der Waals surface area contributed by atoms with Crippen molar-refractivity contribution < 1.29 is 28.7 Å². The predicted octanol–water partition coefficient (Wildman–Crippen LogP) is -0.208. The average molecular weight is 392 g/mol. The minimum Gasteiger partial charge on any atom is -0.493 e. The van der Waals surface area contributed by atoms with Gasteiger partial charge in [-0.25, -0.2) is 0 Å². The van der Waals surface area contributed by atoms with E-state index in [1.165, 1.54) is 26.2 Å². The lowest BCUT2D eigenvalue weighted by atomic mass is 10.0. The van der Waals surface area contributed by atoms with Crippen LogP contribution in [0.4, 0.5) is 0 Å². The van der Waals surface area contributed by atoms with Crippen molar-refractivity contribution >= 4 is 11.8 Å². The summed E-state index contributed by atoms with van der Waals surface area (Å²) in [5.74, 6) is 1.17. The lowest BCUT2D eigenvalue weighted by Crippen LogP contribution is -3.14. The van der Waals surface area contributed by atoms with Gasteiger partial charge in [0.2, 0.25) is 5.75 Å². The quantitative estimate of drug-likeness (QED) is 0.506. The zero-order chi connectivity index (χ0) is 20.5. The number of hydrogen-bond donors (Lipinski definition) is 3. The summed E-state index contributed by atoms with van der Waals surface area (Å²) in [5, 5.41) is 5.86. The number of piperidine rings is 1. The van der Waals surface area contributed by atoms with Crippen LogP contribution in [-0.4, -0.2) is 65.4 Å². The molecule has 1 aromatic carbocycles. The Labute approximate surface area is 165 Å². The number of carbonyl (C=O) groups is 2. The van der Waals surface area contributed by atoms with Crippen LogP contribution in [0, 0.1) is 0 Å². The van der Waals surface area contributed by atoms with Crippen molar-refractivity contribution in [1.29, 1.82) is 0 Å². The maximum absolute atomic E-state index is 12.7. The van der Waals surface area contributed by atoms with Crippen molar-refractivity contribution in [3.63, 3.8) is 0 Å². The Morgan fingerprint density at radius 2 is 1.75 bits per heavy atom. The Bertz CT molecular complexity index is 674. The van der Waals surface area contributed by atoms with Crippen LogP contribution < -0.4 is 29.7 Å². The van der Waals surface area contributed by atoms with Crippen molar-refractivity contribution in [3.05, 3.63) is 30.4 Å². The van der Waals surface area contributed by atoms with Crippen molar-refractivity contribution in [2.75, 3.05) is 47.5 Å². The number of amides is 2. The number of rotatable bonds is 9. The van der Waals surface area contributed by atoms with Crippen molar-refractivity contribution in [1.82, 2.24) is 10.6 Å².